The van der Waals surface area contributed by atoms with E-state index < -0.39 is 11.7 Å². The summed E-state index contributed by atoms with van der Waals surface area (Å²) in [6.45, 7) is 1.91. The fourth-order valence-electron chi connectivity index (χ4n) is 1.81. The van der Waals surface area contributed by atoms with Crippen molar-refractivity contribution in [2.24, 2.45) is 0 Å². The average molecular weight is 351 g/mol. The minimum absolute atomic E-state index is 0.363. The van der Waals surface area contributed by atoms with E-state index in [2.05, 4.69) is 20.9 Å². The zero-order chi connectivity index (χ0) is 14.2. The van der Waals surface area contributed by atoms with E-state index >= 15 is 0 Å². The van der Waals surface area contributed by atoms with Crippen LogP contribution in [0.1, 0.15) is 18.2 Å². The Kier molecular flexibility index (Phi) is 3.87. The number of H-pyrrole nitrogens is 1. The van der Waals surface area contributed by atoms with Crippen LogP contribution in [0.3, 0.4) is 0 Å². The first-order valence-corrected chi connectivity index (χ1v) is 6.70. The second-order valence-corrected chi connectivity index (χ2v) is 5.27. The molecule has 0 fully saturated rings. The topological polar surface area (TPSA) is 20.7 Å². The van der Waals surface area contributed by atoms with Crippen LogP contribution in [0.5, 0.6) is 0 Å². The van der Waals surface area contributed by atoms with Crippen molar-refractivity contribution in [1.29, 1.82) is 0 Å². The maximum Gasteiger partial charge on any atom is 0.416 e. The first kappa shape index (κ1) is 14.3. The highest BCUT2D eigenvalue weighted by Crippen LogP contribution is 2.33. The third-order valence-corrected chi connectivity index (χ3v) is 3.44. The molecule has 0 aliphatic heterocycles. The Bertz CT molecular complexity index is 658. The van der Waals surface area contributed by atoms with Crippen LogP contribution in [-0.2, 0) is 12.6 Å². The Labute approximate surface area is 121 Å². The Morgan fingerprint density at radius 1 is 1.32 bits per heavy atom. The van der Waals surface area contributed by atoms with Crippen LogP contribution in [0.4, 0.5) is 13.2 Å². The van der Waals surface area contributed by atoms with Crippen molar-refractivity contribution in [2.75, 3.05) is 0 Å². The summed E-state index contributed by atoms with van der Waals surface area (Å²) in [6.07, 6.45) is -2.01. The Morgan fingerprint density at radius 3 is 2.58 bits per heavy atom. The Morgan fingerprint density at radius 2 is 2.00 bits per heavy atom. The monoisotopic (exact) mass is 350 g/mol. The molecule has 0 spiro atoms. The van der Waals surface area contributed by atoms with E-state index in [0.29, 0.717) is 21.4 Å². The van der Waals surface area contributed by atoms with E-state index in [0.717, 1.165) is 17.8 Å². The maximum atomic E-state index is 12.8. The largest absolute Gasteiger partial charge is 0.416 e. The molecular weight excluding hydrogens is 341 g/mol. The third kappa shape index (κ3) is 2.92. The summed E-state index contributed by atoms with van der Waals surface area (Å²) in [7, 11) is 0. The van der Waals surface area contributed by atoms with Crippen molar-refractivity contribution < 1.29 is 13.2 Å². The molecule has 2 aromatic rings. The number of benzene rings is 1. The molecule has 7 heteroatoms. The van der Waals surface area contributed by atoms with Crippen LogP contribution in [0.15, 0.2) is 28.9 Å². The summed E-state index contributed by atoms with van der Waals surface area (Å²) < 4.78 is 40.8. The van der Waals surface area contributed by atoms with E-state index in [1.54, 1.807) is 16.8 Å². The Balaban J connectivity index is 2.66. The molecule has 0 radical (unpaired) electrons. The summed E-state index contributed by atoms with van der Waals surface area (Å²) in [5, 5.41) is 0. The van der Waals surface area contributed by atoms with E-state index in [4.69, 9.17) is 12.2 Å². The number of nitrogens with zero attached hydrogens (tertiary/aromatic N) is 1. The molecule has 2 nitrogen and oxygen atoms in total. The van der Waals surface area contributed by atoms with Gasteiger partial charge in [0.25, 0.3) is 0 Å². The minimum atomic E-state index is -4.39. The first-order chi connectivity index (χ1) is 8.82. The molecule has 1 heterocycles. The van der Waals surface area contributed by atoms with Gasteiger partial charge in [-0.3, -0.25) is 4.57 Å². The second kappa shape index (κ2) is 5.13. The summed E-state index contributed by atoms with van der Waals surface area (Å²) in [5.41, 5.74) is 0.517. The van der Waals surface area contributed by atoms with Gasteiger partial charge in [-0.05, 0) is 36.8 Å². The lowest BCUT2D eigenvalue weighted by atomic mass is 10.2. The zero-order valence-electron chi connectivity index (χ0n) is 9.88. The molecular formula is C12H10BrF3N2S. The van der Waals surface area contributed by atoms with E-state index in [-0.39, 0.29) is 0 Å². The predicted octanol–water partition coefficient (Wildman–Crippen LogP) is 4.88. The maximum absolute atomic E-state index is 12.8. The smallest absolute Gasteiger partial charge is 0.337 e. The van der Waals surface area contributed by atoms with Gasteiger partial charge in [-0.2, -0.15) is 13.2 Å². The standard InChI is InChI=1S/C12H10BrF3N2S/c1-2-9-6-17-11(19)18(9)10-4-7(12(14,15)16)3-8(13)5-10/h3-6H,2H2,1H3,(H,17,19). The molecule has 102 valence electrons. The molecule has 0 saturated carbocycles. The fraction of sp³-hybridized carbons (Fsp3) is 0.250. The van der Waals surface area contributed by atoms with Gasteiger partial charge in [-0.1, -0.05) is 22.9 Å². The highest BCUT2D eigenvalue weighted by Gasteiger charge is 2.31. The Hall–Kier alpha value is -1.08. The molecule has 1 aromatic heterocycles. The van der Waals surface area contributed by atoms with Gasteiger partial charge in [0.05, 0.1) is 5.56 Å². The van der Waals surface area contributed by atoms with Gasteiger partial charge >= 0.3 is 6.18 Å². The van der Waals surface area contributed by atoms with Gasteiger partial charge in [-0.25, -0.2) is 0 Å². The van der Waals surface area contributed by atoms with Crippen LogP contribution in [0, 0.1) is 4.77 Å². The highest BCUT2D eigenvalue weighted by molar-refractivity contribution is 9.10. The molecule has 1 aromatic carbocycles. The number of aryl methyl sites for hydroxylation is 1. The lowest BCUT2D eigenvalue weighted by Gasteiger charge is -2.12. The van der Waals surface area contributed by atoms with Gasteiger partial charge in [0.1, 0.15) is 0 Å². The molecule has 0 saturated heterocycles. The average Bonchev–Trinajstić information content (AvgIpc) is 2.68. The summed E-state index contributed by atoms with van der Waals surface area (Å²) in [4.78, 5) is 2.85. The van der Waals surface area contributed by atoms with E-state index in [1.165, 1.54) is 0 Å². The van der Waals surface area contributed by atoms with Gasteiger partial charge < -0.3 is 4.98 Å². The number of hydrogen-bond donors (Lipinski definition) is 1. The van der Waals surface area contributed by atoms with Crippen molar-refractivity contribution >= 4 is 28.1 Å². The number of alkyl halides is 3. The van der Waals surface area contributed by atoms with E-state index in [1.807, 2.05) is 6.92 Å². The lowest BCUT2D eigenvalue weighted by Crippen LogP contribution is -2.07. The summed E-state index contributed by atoms with van der Waals surface area (Å²) in [5.74, 6) is 0. The number of halogens is 4. The van der Waals surface area contributed by atoms with Gasteiger partial charge in [0.2, 0.25) is 0 Å². The van der Waals surface area contributed by atoms with Crippen LogP contribution in [0.2, 0.25) is 0 Å². The molecule has 1 N–H and O–H groups in total. The molecule has 0 aliphatic carbocycles. The lowest BCUT2D eigenvalue weighted by molar-refractivity contribution is -0.137. The quantitative estimate of drug-likeness (QED) is 0.765. The predicted molar refractivity (Wildman–Crippen MR) is 73.0 cm³/mol. The van der Waals surface area contributed by atoms with Crippen molar-refractivity contribution in [2.45, 2.75) is 19.5 Å². The SMILES string of the molecule is CCc1c[nH]c(=S)n1-c1cc(Br)cc(C(F)(F)F)c1. The van der Waals surface area contributed by atoms with Gasteiger partial charge in [0.15, 0.2) is 4.77 Å². The fourth-order valence-corrected chi connectivity index (χ4v) is 2.58. The number of nitrogens with one attached hydrogen (secondary N) is 1. The number of aromatic nitrogens is 2. The first-order valence-electron chi connectivity index (χ1n) is 5.50. The minimum Gasteiger partial charge on any atom is -0.337 e. The second-order valence-electron chi connectivity index (χ2n) is 3.97. The molecule has 2 rings (SSSR count). The molecule has 19 heavy (non-hydrogen) atoms. The summed E-state index contributed by atoms with van der Waals surface area (Å²) in [6, 6.07) is 3.75. The number of imidazole rings is 1. The van der Waals surface area contributed by atoms with Crippen molar-refractivity contribution in [3.05, 3.63) is 44.9 Å². The normalized spacial score (nSPS) is 11.8. The van der Waals surface area contributed by atoms with Gasteiger partial charge in [0, 0.05) is 22.1 Å². The zero-order valence-corrected chi connectivity index (χ0v) is 12.3. The number of aromatic amines is 1. The number of rotatable bonds is 2. The third-order valence-electron chi connectivity index (χ3n) is 2.68. The van der Waals surface area contributed by atoms with Crippen LogP contribution in [-0.4, -0.2) is 9.55 Å². The van der Waals surface area contributed by atoms with E-state index in [9.17, 15) is 13.2 Å². The van der Waals surface area contributed by atoms with Crippen LogP contribution >= 0.6 is 28.1 Å². The molecule has 0 amide bonds. The van der Waals surface area contributed by atoms with Crippen molar-refractivity contribution in [3.63, 3.8) is 0 Å². The van der Waals surface area contributed by atoms with Crippen molar-refractivity contribution in [1.82, 2.24) is 9.55 Å². The van der Waals surface area contributed by atoms with Crippen LogP contribution in [0.25, 0.3) is 5.69 Å². The van der Waals surface area contributed by atoms with Gasteiger partial charge in [-0.15, -0.1) is 0 Å². The summed E-state index contributed by atoms with van der Waals surface area (Å²) >= 11 is 8.22. The number of hydrogen-bond acceptors (Lipinski definition) is 1. The molecule has 0 aliphatic rings. The van der Waals surface area contributed by atoms with Crippen LogP contribution < -0.4 is 0 Å². The van der Waals surface area contributed by atoms with Crippen molar-refractivity contribution in [3.8, 4) is 5.69 Å². The molecule has 0 unspecified atom stereocenters. The molecule has 0 bridgehead atoms. The highest BCUT2D eigenvalue weighted by atomic mass is 79.9. The molecule has 0 atom stereocenters.